The monoisotopic (exact) mass is 314 g/mol. The normalized spacial score (nSPS) is 21.7. The van der Waals surface area contributed by atoms with Crippen LogP contribution in [0.15, 0.2) is 16.7 Å². The van der Waals surface area contributed by atoms with Gasteiger partial charge in [-0.2, -0.15) is 5.10 Å². The van der Waals surface area contributed by atoms with Crippen LogP contribution in [-0.2, 0) is 0 Å². The van der Waals surface area contributed by atoms with Gasteiger partial charge in [-0.25, -0.2) is 0 Å². The minimum Gasteiger partial charge on any atom is -0.360 e. The zero-order valence-electron chi connectivity index (χ0n) is 13.7. The van der Waals surface area contributed by atoms with Crippen LogP contribution in [0, 0.1) is 13.8 Å². The Bertz CT molecular complexity index is 729. The SMILES string of the molecule is Cc1cc(C)n([C@H]2CCCN(C(=O)c3cc(C4CC4)on3)C2)n1. The first-order valence-corrected chi connectivity index (χ1v) is 8.40. The molecule has 2 aromatic rings. The molecule has 1 saturated carbocycles. The van der Waals surface area contributed by atoms with Gasteiger partial charge in [0, 0.05) is 30.8 Å². The van der Waals surface area contributed by atoms with Crippen LogP contribution in [0.1, 0.15) is 65.3 Å². The highest BCUT2D eigenvalue weighted by Gasteiger charge is 2.31. The quantitative estimate of drug-likeness (QED) is 0.874. The van der Waals surface area contributed by atoms with Crippen LogP contribution in [0.4, 0.5) is 0 Å². The molecule has 3 heterocycles. The predicted molar refractivity (Wildman–Crippen MR) is 84.4 cm³/mol. The molecule has 1 atom stereocenters. The Morgan fingerprint density at radius 3 is 2.78 bits per heavy atom. The summed E-state index contributed by atoms with van der Waals surface area (Å²) in [6.45, 7) is 5.54. The van der Waals surface area contributed by atoms with Gasteiger partial charge in [0.05, 0.1) is 11.7 Å². The van der Waals surface area contributed by atoms with Crippen molar-refractivity contribution >= 4 is 5.91 Å². The number of amides is 1. The fourth-order valence-corrected chi connectivity index (χ4v) is 3.47. The van der Waals surface area contributed by atoms with E-state index in [9.17, 15) is 4.79 Å². The second-order valence-corrected chi connectivity index (χ2v) is 6.81. The van der Waals surface area contributed by atoms with E-state index in [1.165, 1.54) is 0 Å². The minimum atomic E-state index is -0.0214. The zero-order chi connectivity index (χ0) is 16.0. The van der Waals surface area contributed by atoms with Crippen molar-refractivity contribution < 1.29 is 9.32 Å². The summed E-state index contributed by atoms with van der Waals surface area (Å²) in [6, 6.07) is 4.16. The van der Waals surface area contributed by atoms with Gasteiger partial charge in [-0.05, 0) is 45.6 Å². The average Bonchev–Trinajstić information content (AvgIpc) is 3.18. The van der Waals surface area contributed by atoms with E-state index in [1.54, 1.807) is 0 Å². The summed E-state index contributed by atoms with van der Waals surface area (Å²) in [5.41, 5.74) is 2.62. The van der Waals surface area contributed by atoms with Crippen molar-refractivity contribution in [3.8, 4) is 0 Å². The number of hydrogen-bond donors (Lipinski definition) is 0. The van der Waals surface area contributed by atoms with E-state index >= 15 is 0 Å². The molecule has 0 unspecified atom stereocenters. The first-order valence-electron chi connectivity index (χ1n) is 8.40. The van der Waals surface area contributed by atoms with Crippen LogP contribution in [0.5, 0.6) is 0 Å². The molecule has 0 spiro atoms. The first kappa shape index (κ1) is 14.5. The lowest BCUT2D eigenvalue weighted by Gasteiger charge is -2.33. The third-order valence-electron chi connectivity index (χ3n) is 4.80. The maximum absolute atomic E-state index is 12.7. The maximum atomic E-state index is 12.7. The fraction of sp³-hybridized carbons (Fsp3) is 0.588. The molecule has 0 N–H and O–H groups in total. The molecule has 2 aliphatic rings. The number of aromatic nitrogens is 3. The lowest BCUT2D eigenvalue weighted by molar-refractivity contribution is 0.0661. The number of hydrogen-bond acceptors (Lipinski definition) is 4. The number of likely N-dealkylation sites (tertiary alicyclic amines) is 1. The van der Waals surface area contributed by atoms with Crippen LogP contribution in [0.3, 0.4) is 0 Å². The Morgan fingerprint density at radius 1 is 1.26 bits per heavy atom. The van der Waals surface area contributed by atoms with Gasteiger partial charge in [0.1, 0.15) is 5.76 Å². The predicted octanol–water partition coefficient (Wildman–Crippen LogP) is 2.84. The molecular formula is C17H22N4O2. The van der Waals surface area contributed by atoms with Gasteiger partial charge in [0.2, 0.25) is 0 Å². The van der Waals surface area contributed by atoms with E-state index in [2.05, 4.69) is 27.9 Å². The molecule has 1 aliphatic heterocycles. The summed E-state index contributed by atoms with van der Waals surface area (Å²) >= 11 is 0. The lowest BCUT2D eigenvalue weighted by atomic mass is 10.1. The second kappa shape index (κ2) is 5.51. The third-order valence-corrected chi connectivity index (χ3v) is 4.80. The van der Waals surface area contributed by atoms with Gasteiger partial charge in [0.25, 0.3) is 5.91 Å². The Hall–Kier alpha value is -2.11. The van der Waals surface area contributed by atoms with E-state index in [4.69, 9.17) is 4.52 Å². The molecule has 0 bridgehead atoms. The third kappa shape index (κ3) is 2.78. The topological polar surface area (TPSA) is 64.2 Å². The number of nitrogens with zero attached hydrogens (tertiary/aromatic N) is 4. The summed E-state index contributed by atoms with van der Waals surface area (Å²) in [5.74, 6) is 1.32. The largest absolute Gasteiger partial charge is 0.360 e. The number of piperidine rings is 1. The Labute approximate surface area is 135 Å². The van der Waals surface area contributed by atoms with Crippen LogP contribution >= 0.6 is 0 Å². The van der Waals surface area contributed by atoms with E-state index in [0.29, 0.717) is 18.2 Å². The standard InChI is InChI=1S/C17H22N4O2/c1-11-8-12(2)21(18-11)14-4-3-7-20(10-14)17(22)15-9-16(23-19-15)13-5-6-13/h8-9,13-14H,3-7,10H2,1-2H3/t14-/m0/s1. The summed E-state index contributed by atoms with van der Waals surface area (Å²) < 4.78 is 7.38. The minimum absolute atomic E-state index is 0.0214. The molecule has 2 fully saturated rings. The van der Waals surface area contributed by atoms with E-state index < -0.39 is 0 Å². The molecule has 1 saturated heterocycles. The molecule has 0 aromatic carbocycles. The van der Waals surface area contributed by atoms with Crippen molar-refractivity contribution in [3.63, 3.8) is 0 Å². The Morgan fingerprint density at radius 2 is 2.09 bits per heavy atom. The summed E-state index contributed by atoms with van der Waals surface area (Å²) in [5, 5.41) is 8.56. The van der Waals surface area contributed by atoms with Gasteiger partial charge in [0.15, 0.2) is 5.69 Å². The molecule has 1 aliphatic carbocycles. The van der Waals surface area contributed by atoms with Crippen molar-refractivity contribution in [2.45, 2.75) is 51.5 Å². The summed E-state index contributed by atoms with van der Waals surface area (Å²) in [7, 11) is 0. The lowest BCUT2D eigenvalue weighted by Crippen LogP contribution is -2.41. The van der Waals surface area contributed by atoms with Crippen molar-refractivity contribution in [2.24, 2.45) is 0 Å². The van der Waals surface area contributed by atoms with Crippen LogP contribution < -0.4 is 0 Å². The smallest absolute Gasteiger partial charge is 0.276 e. The fourth-order valence-electron chi connectivity index (χ4n) is 3.47. The van der Waals surface area contributed by atoms with Crippen molar-refractivity contribution in [1.82, 2.24) is 19.8 Å². The summed E-state index contributed by atoms with van der Waals surface area (Å²) in [6.07, 6.45) is 4.33. The van der Waals surface area contributed by atoms with E-state index in [1.807, 2.05) is 17.9 Å². The van der Waals surface area contributed by atoms with Crippen molar-refractivity contribution in [1.29, 1.82) is 0 Å². The van der Waals surface area contributed by atoms with Crippen molar-refractivity contribution in [3.05, 3.63) is 35.0 Å². The van der Waals surface area contributed by atoms with Crippen LogP contribution in [0.25, 0.3) is 0 Å². The number of carbonyl (C=O) groups excluding carboxylic acids is 1. The Kier molecular flexibility index (Phi) is 3.47. The first-order chi connectivity index (χ1) is 11.1. The molecule has 23 heavy (non-hydrogen) atoms. The van der Waals surface area contributed by atoms with E-state index in [-0.39, 0.29) is 11.9 Å². The highest BCUT2D eigenvalue weighted by atomic mass is 16.5. The highest BCUT2D eigenvalue weighted by molar-refractivity contribution is 5.92. The number of aryl methyl sites for hydroxylation is 2. The number of carbonyl (C=O) groups is 1. The van der Waals surface area contributed by atoms with Crippen molar-refractivity contribution in [2.75, 3.05) is 13.1 Å². The van der Waals surface area contributed by atoms with Gasteiger partial charge >= 0.3 is 0 Å². The summed E-state index contributed by atoms with van der Waals surface area (Å²) in [4.78, 5) is 14.6. The van der Waals surface area contributed by atoms with E-state index in [0.717, 1.165) is 49.4 Å². The second-order valence-electron chi connectivity index (χ2n) is 6.81. The maximum Gasteiger partial charge on any atom is 0.276 e. The molecular weight excluding hydrogens is 292 g/mol. The van der Waals surface area contributed by atoms with Gasteiger partial charge in [-0.15, -0.1) is 0 Å². The zero-order valence-corrected chi connectivity index (χ0v) is 13.7. The number of rotatable bonds is 3. The molecule has 6 heteroatoms. The van der Waals surface area contributed by atoms with Gasteiger partial charge in [-0.3, -0.25) is 9.48 Å². The molecule has 6 nitrogen and oxygen atoms in total. The molecule has 2 aromatic heterocycles. The van der Waals surface area contributed by atoms with Crippen LogP contribution in [-0.4, -0.2) is 38.8 Å². The molecule has 4 rings (SSSR count). The van der Waals surface area contributed by atoms with Crippen LogP contribution in [0.2, 0.25) is 0 Å². The van der Waals surface area contributed by atoms with Gasteiger partial charge < -0.3 is 9.42 Å². The van der Waals surface area contributed by atoms with Gasteiger partial charge in [-0.1, -0.05) is 5.16 Å². The highest BCUT2D eigenvalue weighted by Crippen LogP contribution is 2.40. The average molecular weight is 314 g/mol. The molecule has 1 amide bonds. The Balaban J connectivity index is 1.49. The molecule has 122 valence electrons. The molecule has 0 radical (unpaired) electrons.